The van der Waals surface area contributed by atoms with Crippen molar-refractivity contribution in [3.05, 3.63) is 29.3 Å². The summed E-state index contributed by atoms with van der Waals surface area (Å²) in [6, 6.07) is 5.92. The van der Waals surface area contributed by atoms with Gasteiger partial charge in [0, 0.05) is 12.2 Å². The van der Waals surface area contributed by atoms with E-state index in [0.717, 1.165) is 29.7 Å². The first kappa shape index (κ1) is 16.8. The van der Waals surface area contributed by atoms with Crippen LogP contribution in [0.15, 0.2) is 18.2 Å². The number of aryl methyl sites for hydroxylation is 2. The van der Waals surface area contributed by atoms with Crippen LogP contribution in [0.4, 0.5) is 10.5 Å². The molecule has 0 radical (unpaired) electrons. The lowest BCUT2D eigenvalue weighted by Crippen LogP contribution is -2.37. The predicted octanol–water partition coefficient (Wildman–Crippen LogP) is 3.08. The summed E-state index contributed by atoms with van der Waals surface area (Å²) < 4.78 is 11.2. The van der Waals surface area contributed by atoms with Gasteiger partial charge in [0.05, 0.1) is 6.61 Å². The Kier molecular flexibility index (Phi) is 5.42. The van der Waals surface area contributed by atoms with E-state index in [-0.39, 0.29) is 12.1 Å². The minimum Gasteiger partial charge on any atom is -0.348 e. The highest BCUT2D eigenvalue weighted by atomic mass is 16.7. The fourth-order valence-corrected chi connectivity index (χ4v) is 2.63. The highest BCUT2D eigenvalue weighted by Crippen LogP contribution is 2.23. The van der Waals surface area contributed by atoms with E-state index < -0.39 is 5.79 Å². The third-order valence-corrected chi connectivity index (χ3v) is 3.79. The molecule has 0 aromatic heterocycles. The van der Waals surface area contributed by atoms with Gasteiger partial charge in [0.2, 0.25) is 0 Å². The maximum Gasteiger partial charge on any atom is 0.319 e. The number of benzene rings is 1. The monoisotopic (exact) mass is 306 g/mol. The van der Waals surface area contributed by atoms with Gasteiger partial charge < -0.3 is 20.1 Å². The Balaban J connectivity index is 1.92. The molecule has 2 N–H and O–H groups in total. The number of carbonyl (C=O) groups excluding carboxylic acids is 1. The van der Waals surface area contributed by atoms with Crippen LogP contribution >= 0.6 is 0 Å². The highest BCUT2D eigenvalue weighted by Gasteiger charge is 2.32. The van der Waals surface area contributed by atoms with Gasteiger partial charge in [-0.2, -0.15) is 0 Å². The average molecular weight is 306 g/mol. The van der Waals surface area contributed by atoms with Crippen LogP contribution in [-0.2, 0) is 22.3 Å². The predicted molar refractivity (Wildman–Crippen MR) is 87.1 cm³/mol. The van der Waals surface area contributed by atoms with Crippen molar-refractivity contribution in [3.63, 3.8) is 0 Å². The summed E-state index contributed by atoms with van der Waals surface area (Å²) in [6.45, 7) is 8.85. The highest BCUT2D eigenvalue weighted by molar-refractivity contribution is 5.91. The summed E-state index contributed by atoms with van der Waals surface area (Å²) in [4.78, 5) is 12.1. The van der Waals surface area contributed by atoms with E-state index in [0.29, 0.717) is 13.2 Å². The van der Waals surface area contributed by atoms with Crippen LogP contribution in [0, 0.1) is 0 Å². The maximum absolute atomic E-state index is 12.1. The zero-order valence-corrected chi connectivity index (χ0v) is 13.9. The second-order valence-corrected chi connectivity index (χ2v) is 5.94. The molecule has 0 spiro atoms. The van der Waals surface area contributed by atoms with Gasteiger partial charge in [-0.1, -0.05) is 32.0 Å². The van der Waals surface area contributed by atoms with Crippen LogP contribution in [0.3, 0.4) is 0 Å². The molecule has 1 aliphatic rings. The van der Waals surface area contributed by atoms with Gasteiger partial charge in [-0.3, -0.25) is 0 Å². The Bertz CT molecular complexity index is 506. The molecule has 0 aliphatic carbocycles. The minimum absolute atomic E-state index is 0.104. The van der Waals surface area contributed by atoms with Gasteiger partial charge in [-0.15, -0.1) is 0 Å². The lowest BCUT2D eigenvalue weighted by atomic mass is 10.0. The first-order valence-corrected chi connectivity index (χ1v) is 7.92. The number of ether oxygens (including phenoxy) is 2. The molecule has 122 valence electrons. The molecule has 1 unspecified atom stereocenters. The summed E-state index contributed by atoms with van der Waals surface area (Å²) in [5.41, 5.74) is 3.22. The van der Waals surface area contributed by atoms with Gasteiger partial charge in [0.25, 0.3) is 0 Å². The lowest BCUT2D eigenvalue weighted by Gasteiger charge is -2.18. The fraction of sp³-hybridized carbons (Fsp3) is 0.588. The maximum atomic E-state index is 12.1. The molecule has 1 atom stereocenters. The SMILES string of the molecule is CCc1cccc(CC)c1NC(=O)NCC1COC(C)(C)O1. The van der Waals surface area contributed by atoms with E-state index >= 15 is 0 Å². The van der Waals surface area contributed by atoms with Crippen molar-refractivity contribution < 1.29 is 14.3 Å². The van der Waals surface area contributed by atoms with E-state index in [1.165, 1.54) is 0 Å². The number of hydrogen-bond donors (Lipinski definition) is 2. The molecular weight excluding hydrogens is 280 g/mol. The van der Waals surface area contributed by atoms with E-state index in [4.69, 9.17) is 9.47 Å². The topological polar surface area (TPSA) is 59.6 Å². The average Bonchev–Trinajstić information content (AvgIpc) is 2.84. The summed E-state index contributed by atoms with van der Waals surface area (Å²) >= 11 is 0. The minimum atomic E-state index is -0.562. The number of anilines is 1. The van der Waals surface area contributed by atoms with Crippen molar-refractivity contribution in [2.45, 2.75) is 52.4 Å². The molecule has 5 nitrogen and oxygen atoms in total. The number of urea groups is 1. The third kappa shape index (κ3) is 4.21. The normalized spacial score (nSPS) is 19.9. The number of hydrogen-bond acceptors (Lipinski definition) is 3. The molecule has 22 heavy (non-hydrogen) atoms. The van der Waals surface area contributed by atoms with Gasteiger partial charge in [-0.25, -0.2) is 4.79 Å². The van der Waals surface area contributed by atoms with E-state index in [1.807, 2.05) is 32.0 Å². The first-order valence-electron chi connectivity index (χ1n) is 7.92. The largest absolute Gasteiger partial charge is 0.348 e. The van der Waals surface area contributed by atoms with Crippen LogP contribution in [0.2, 0.25) is 0 Å². The van der Waals surface area contributed by atoms with E-state index in [1.54, 1.807) is 0 Å². The second-order valence-electron chi connectivity index (χ2n) is 5.94. The van der Waals surface area contributed by atoms with Crippen LogP contribution in [0.1, 0.15) is 38.8 Å². The second kappa shape index (κ2) is 7.11. The van der Waals surface area contributed by atoms with Crippen LogP contribution in [-0.4, -0.2) is 31.1 Å². The third-order valence-electron chi connectivity index (χ3n) is 3.79. The zero-order chi connectivity index (χ0) is 16.2. The van der Waals surface area contributed by atoms with E-state index in [9.17, 15) is 4.79 Å². The van der Waals surface area contributed by atoms with Crippen molar-refractivity contribution in [2.24, 2.45) is 0 Å². The molecule has 1 aromatic carbocycles. The van der Waals surface area contributed by atoms with Crippen molar-refractivity contribution in [1.29, 1.82) is 0 Å². The molecule has 5 heteroatoms. The van der Waals surface area contributed by atoms with Gasteiger partial charge in [-0.05, 0) is 37.8 Å². The molecule has 1 saturated heterocycles. The van der Waals surface area contributed by atoms with Gasteiger partial charge in [0.15, 0.2) is 5.79 Å². The molecule has 1 fully saturated rings. The first-order chi connectivity index (χ1) is 10.4. The zero-order valence-electron chi connectivity index (χ0n) is 13.9. The summed E-state index contributed by atoms with van der Waals surface area (Å²) in [5, 5.41) is 5.84. The van der Waals surface area contributed by atoms with E-state index in [2.05, 4.69) is 24.5 Å². The fourth-order valence-electron chi connectivity index (χ4n) is 2.63. The molecule has 0 bridgehead atoms. The van der Waals surface area contributed by atoms with Crippen molar-refractivity contribution >= 4 is 11.7 Å². The molecule has 1 aromatic rings. The van der Waals surface area contributed by atoms with Crippen molar-refractivity contribution in [1.82, 2.24) is 5.32 Å². The Labute approximate surface area is 132 Å². The quantitative estimate of drug-likeness (QED) is 0.879. The molecule has 1 heterocycles. The molecule has 2 rings (SSSR count). The molecular formula is C17H26N2O3. The van der Waals surface area contributed by atoms with Gasteiger partial charge >= 0.3 is 6.03 Å². The Morgan fingerprint density at radius 2 is 1.91 bits per heavy atom. The molecule has 1 aliphatic heterocycles. The van der Waals surface area contributed by atoms with Crippen molar-refractivity contribution in [3.8, 4) is 0 Å². The standard InChI is InChI=1S/C17H26N2O3/c1-5-12-8-7-9-13(6-2)15(12)19-16(20)18-10-14-11-21-17(3,4)22-14/h7-9,14H,5-6,10-11H2,1-4H3,(H2,18,19,20). The Morgan fingerprint density at radius 3 is 2.41 bits per heavy atom. The number of rotatable bonds is 5. The number of carbonyl (C=O) groups is 1. The number of para-hydroxylation sites is 1. The van der Waals surface area contributed by atoms with Crippen LogP contribution in [0.5, 0.6) is 0 Å². The summed E-state index contributed by atoms with van der Waals surface area (Å²) in [6.07, 6.45) is 1.67. The Morgan fingerprint density at radius 1 is 1.27 bits per heavy atom. The van der Waals surface area contributed by atoms with Gasteiger partial charge in [0.1, 0.15) is 6.10 Å². The number of nitrogens with one attached hydrogen (secondary N) is 2. The molecule has 0 saturated carbocycles. The summed E-state index contributed by atoms with van der Waals surface area (Å²) in [7, 11) is 0. The lowest BCUT2D eigenvalue weighted by molar-refractivity contribution is -0.137. The smallest absolute Gasteiger partial charge is 0.319 e. The van der Waals surface area contributed by atoms with Crippen LogP contribution in [0.25, 0.3) is 0 Å². The Hall–Kier alpha value is -1.59. The summed E-state index contributed by atoms with van der Waals surface area (Å²) in [5.74, 6) is -0.562. The van der Waals surface area contributed by atoms with Crippen molar-refractivity contribution in [2.75, 3.05) is 18.5 Å². The number of amides is 2. The van der Waals surface area contributed by atoms with Crippen LogP contribution < -0.4 is 10.6 Å². The molecule has 2 amide bonds.